The number of aryl methyl sites for hydroxylation is 1. The Hall–Kier alpha value is -1.62. The summed E-state index contributed by atoms with van der Waals surface area (Å²) in [5.41, 5.74) is 0.932. The van der Waals surface area contributed by atoms with Gasteiger partial charge in [0.1, 0.15) is 22.0 Å². The first-order valence-electron chi connectivity index (χ1n) is 5.66. The molecule has 0 aliphatic rings. The Kier molecular flexibility index (Phi) is 4.15. The Balaban J connectivity index is 2.24. The van der Waals surface area contributed by atoms with E-state index in [0.29, 0.717) is 0 Å². The molecule has 4 nitrogen and oxygen atoms in total. The van der Waals surface area contributed by atoms with Crippen LogP contribution >= 0.6 is 15.9 Å². The highest BCUT2D eigenvalue weighted by molar-refractivity contribution is 9.10. The van der Waals surface area contributed by atoms with Gasteiger partial charge in [-0.25, -0.2) is 9.97 Å². The molecule has 1 N–H and O–H groups in total. The van der Waals surface area contributed by atoms with E-state index in [-0.39, 0.29) is 0 Å². The molecule has 0 radical (unpaired) electrons. The third-order valence-corrected chi connectivity index (χ3v) is 2.81. The zero-order chi connectivity index (χ0) is 13.0. The summed E-state index contributed by atoms with van der Waals surface area (Å²) in [7, 11) is 1.65. The van der Waals surface area contributed by atoms with Crippen molar-refractivity contribution in [1.29, 1.82) is 0 Å². The predicted molar refractivity (Wildman–Crippen MR) is 75.4 cm³/mol. The second-order valence-corrected chi connectivity index (χ2v) is 4.52. The SMILES string of the molecule is CCc1nc(Br)cc(Nc2cccc(OC)c2)n1. The van der Waals surface area contributed by atoms with Crippen LogP contribution in [0.5, 0.6) is 5.75 Å². The van der Waals surface area contributed by atoms with Gasteiger partial charge in [0.05, 0.1) is 7.11 Å². The Morgan fingerprint density at radius 2 is 2.11 bits per heavy atom. The Labute approximate surface area is 115 Å². The molecule has 5 heteroatoms. The third kappa shape index (κ3) is 3.20. The molecule has 0 unspecified atom stereocenters. The molecule has 94 valence electrons. The van der Waals surface area contributed by atoms with Crippen LogP contribution in [0.2, 0.25) is 0 Å². The smallest absolute Gasteiger partial charge is 0.135 e. The molecule has 0 aliphatic heterocycles. The van der Waals surface area contributed by atoms with Gasteiger partial charge in [0, 0.05) is 24.2 Å². The van der Waals surface area contributed by atoms with Crippen LogP contribution < -0.4 is 10.1 Å². The van der Waals surface area contributed by atoms with Gasteiger partial charge in [0.2, 0.25) is 0 Å². The van der Waals surface area contributed by atoms with E-state index in [2.05, 4.69) is 31.2 Å². The Bertz CT molecular complexity index is 546. The fourth-order valence-corrected chi connectivity index (χ4v) is 1.96. The second kappa shape index (κ2) is 5.82. The number of ether oxygens (including phenoxy) is 1. The quantitative estimate of drug-likeness (QED) is 0.877. The second-order valence-electron chi connectivity index (χ2n) is 3.70. The van der Waals surface area contributed by atoms with Gasteiger partial charge in [-0.2, -0.15) is 0 Å². The van der Waals surface area contributed by atoms with Crippen molar-refractivity contribution in [3.63, 3.8) is 0 Å². The molecule has 0 fully saturated rings. The molecule has 1 aromatic heterocycles. The molecule has 2 rings (SSSR count). The number of methoxy groups -OCH3 is 1. The Morgan fingerprint density at radius 3 is 2.83 bits per heavy atom. The largest absolute Gasteiger partial charge is 0.497 e. The van der Waals surface area contributed by atoms with Crippen molar-refractivity contribution < 1.29 is 4.74 Å². The van der Waals surface area contributed by atoms with Crippen LogP contribution in [0.4, 0.5) is 11.5 Å². The molecule has 0 amide bonds. The molecular weight excluding hydrogens is 294 g/mol. The van der Waals surface area contributed by atoms with E-state index in [9.17, 15) is 0 Å². The summed E-state index contributed by atoms with van der Waals surface area (Å²) >= 11 is 3.38. The van der Waals surface area contributed by atoms with E-state index < -0.39 is 0 Å². The van der Waals surface area contributed by atoms with Gasteiger partial charge in [-0.15, -0.1) is 0 Å². The number of hydrogen-bond acceptors (Lipinski definition) is 4. The van der Waals surface area contributed by atoms with Crippen LogP contribution in [-0.2, 0) is 6.42 Å². The summed E-state index contributed by atoms with van der Waals surface area (Å²) in [5.74, 6) is 2.38. The molecule has 0 spiro atoms. The lowest BCUT2D eigenvalue weighted by Crippen LogP contribution is -1.99. The number of rotatable bonds is 4. The van der Waals surface area contributed by atoms with Crippen LogP contribution in [-0.4, -0.2) is 17.1 Å². The van der Waals surface area contributed by atoms with Crippen molar-refractivity contribution in [1.82, 2.24) is 9.97 Å². The van der Waals surface area contributed by atoms with E-state index >= 15 is 0 Å². The number of halogens is 1. The number of aromatic nitrogens is 2. The molecule has 1 heterocycles. The predicted octanol–water partition coefficient (Wildman–Crippen LogP) is 3.55. The number of nitrogens with one attached hydrogen (secondary N) is 1. The zero-order valence-electron chi connectivity index (χ0n) is 10.3. The number of hydrogen-bond donors (Lipinski definition) is 1. The maximum absolute atomic E-state index is 5.18. The van der Waals surface area contributed by atoms with E-state index in [1.54, 1.807) is 7.11 Å². The molecule has 2 aromatic rings. The Morgan fingerprint density at radius 1 is 1.28 bits per heavy atom. The summed E-state index contributed by atoms with van der Waals surface area (Å²) < 4.78 is 5.96. The first kappa shape index (κ1) is 12.8. The maximum atomic E-state index is 5.18. The minimum Gasteiger partial charge on any atom is -0.497 e. The average molecular weight is 308 g/mol. The summed E-state index contributed by atoms with van der Waals surface area (Å²) in [6.45, 7) is 2.02. The number of benzene rings is 1. The lowest BCUT2D eigenvalue weighted by atomic mass is 10.3. The highest BCUT2D eigenvalue weighted by Crippen LogP contribution is 2.21. The highest BCUT2D eigenvalue weighted by Gasteiger charge is 2.02. The van der Waals surface area contributed by atoms with Crippen molar-refractivity contribution in [3.8, 4) is 5.75 Å². The van der Waals surface area contributed by atoms with Crippen LogP contribution in [0.15, 0.2) is 34.9 Å². The summed E-state index contributed by atoms with van der Waals surface area (Å²) in [4.78, 5) is 8.68. The molecule has 0 bridgehead atoms. The molecule has 0 saturated heterocycles. The monoisotopic (exact) mass is 307 g/mol. The summed E-state index contributed by atoms with van der Waals surface area (Å²) in [5, 5.41) is 3.23. The highest BCUT2D eigenvalue weighted by atomic mass is 79.9. The van der Waals surface area contributed by atoms with Crippen LogP contribution in [0.25, 0.3) is 0 Å². The topological polar surface area (TPSA) is 47.0 Å². The van der Waals surface area contributed by atoms with E-state index in [1.807, 2.05) is 37.3 Å². The minimum atomic E-state index is 0.766. The van der Waals surface area contributed by atoms with Gasteiger partial charge in [-0.1, -0.05) is 13.0 Å². The van der Waals surface area contributed by atoms with Crippen molar-refractivity contribution in [2.75, 3.05) is 12.4 Å². The lowest BCUT2D eigenvalue weighted by Gasteiger charge is -2.08. The first-order valence-corrected chi connectivity index (χ1v) is 6.45. The van der Waals surface area contributed by atoms with E-state index in [0.717, 1.165) is 34.1 Å². The fraction of sp³-hybridized carbons (Fsp3) is 0.231. The normalized spacial score (nSPS) is 10.2. The maximum Gasteiger partial charge on any atom is 0.135 e. The summed E-state index contributed by atoms with van der Waals surface area (Å²) in [6, 6.07) is 9.56. The average Bonchev–Trinajstić information content (AvgIpc) is 2.38. The van der Waals surface area contributed by atoms with E-state index in [4.69, 9.17) is 4.74 Å². The van der Waals surface area contributed by atoms with Gasteiger partial charge in [-0.05, 0) is 28.1 Å². The van der Waals surface area contributed by atoms with Crippen molar-refractivity contribution in [2.24, 2.45) is 0 Å². The van der Waals surface area contributed by atoms with Gasteiger partial charge < -0.3 is 10.1 Å². The van der Waals surface area contributed by atoms with Gasteiger partial charge in [0.25, 0.3) is 0 Å². The van der Waals surface area contributed by atoms with Crippen LogP contribution in [0, 0.1) is 0 Å². The standard InChI is InChI=1S/C13H14BrN3O/c1-3-12-16-11(14)8-13(17-12)15-9-5-4-6-10(7-9)18-2/h4-8H,3H2,1-2H3,(H,15,16,17). The lowest BCUT2D eigenvalue weighted by molar-refractivity contribution is 0.415. The van der Waals surface area contributed by atoms with Crippen molar-refractivity contribution in [2.45, 2.75) is 13.3 Å². The molecule has 0 aliphatic carbocycles. The number of nitrogens with zero attached hydrogens (tertiary/aromatic N) is 2. The molecule has 0 saturated carbocycles. The number of anilines is 2. The minimum absolute atomic E-state index is 0.766. The fourth-order valence-electron chi connectivity index (χ4n) is 1.54. The first-order chi connectivity index (χ1) is 8.71. The summed E-state index contributed by atoms with van der Waals surface area (Å²) in [6.07, 6.45) is 0.798. The van der Waals surface area contributed by atoms with Crippen LogP contribution in [0.1, 0.15) is 12.7 Å². The van der Waals surface area contributed by atoms with Gasteiger partial charge in [-0.3, -0.25) is 0 Å². The van der Waals surface area contributed by atoms with Crippen molar-refractivity contribution in [3.05, 3.63) is 40.8 Å². The molecule has 18 heavy (non-hydrogen) atoms. The molecule has 0 atom stereocenters. The van der Waals surface area contributed by atoms with E-state index in [1.165, 1.54) is 0 Å². The van der Waals surface area contributed by atoms with Crippen molar-refractivity contribution >= 4 is 27.4 Å². The van der Waals surface area contributed by atoms with Gasteiger partial charge >= 0.3 is 0 Å². The zero-order valence-corrected chi connectivity index (χ0v) is 11.9. The van der Waals surface area contributed by atoms with Crippen LogP contribution in [0.3, 0.4) is 0 Å². The molecule has 1 aromatic carbocycles. The van der Waals surface area contributed by atoms with Gasteiger partial charge in [0.15, 0.2) is 0 Å². The molecular formula is C13H14BrN3O. The third-order valence-electron chi connectivity index (χ3n) is 2.40.